The molecule has 0 aliphatic carbocycles. The zero-order valence-corrected chi connectivity index (χ0v) is 14.4. The Balaban J connectivity index is 1.96. The van der Waals surface area contributed by atoms with E-state index in [9.17, 15) is 4.79 Å². The fourth-order valence-electron chi connectivity index (χ4n) is 2.62. The lowest BCUT2D eigenvalue weighted by atomic mass is 9.77. The minimum atomic E-state index is -0.551. The van der Waals surface area contributed by atoms with Crippen LogP contribution in [0.3, 0.4) is 0 Å². The van der Waals surface area contributed by atoms with Crippen LogP contribution in [0.5, 0.6) is 11.5 Å². The lowest BCUT2D eigenvalue weighted by molar-refractivity contribution is 0.00578. The highest BCUT2D eigenvalue weighted by atomic mass is 16.7. The molecule has 0 radical (unpaired) electrons. The number of nitrogens with two attached hydrogens (primary N) is 1. The van der Waals surface area contributed by atoms with Gasteiger partial charge in [-0.2, -0.15) is 0 Å². The lowest BCUT2D eigenvalue weighted by Crippen LogP contribution is -2.41. The number of benzene rings is 1. The average Bonchev–Trinajstić information content (AvgIpc) is 3.05. The standard InChI is InChI=1S/C17H22BNO5/c1-16(2)17(3,4)24-18(23-16)13(8-19)5-11-6-14-15(22-10-21-14)7-12(11)9-20/h5-7,9H,8,10,19H2,1-4H3. The lowest BCUT2D eigenvalue weighted by Gasteiger charge is -2.32. The molecule has 2 heterocycles. The number of ether oxygens (including phenoxy) is 2. The van der Waals surface area contributed by atoms with Gasteiger partial charge in [0.2, 0.25) is 6.79 Å². The molecule has 24 heavy (non-hydrogen) atoms. The van der Waals surface area contributed by atoms with Gasteiger partial charge in [-0.1, -0.05) is 6.08 Å². The van der Waals surface area contributed by atoms with E-state index in [0.29, 0.717) is 22.6 Å². The van der Waals surface area contributed by atoms with E-state index < -0.39 is 18.3 Å². The first kappa shape index (κ1) is 17.0. The first-order chi connectivity index (χ1) is 11.3. The van der Waals surface area contributed by atoms with Crippen LogP contribution in [-0.2, 0) is 9.31 Å². The van der Waals surface area contributed by atoms with Crippen LogP contribution >= 0.6 is 0 Å². The third-order valence-electron chi connectivity index (χ3n) is 4.84. The summed E-state index contributed by atoms with van der Waals surface area (Å²) in [5.41, 5.74) is 6.97. The highest BCUT2D eigenvalue weighted by Crippen LogP contribution is 2.39. The van der Waals surface area contributed by atoms with Gasteiger partial charge in [0, 0.05) is 12.1 Å². The molecular formula is C17H22BNO5. The molecule has 3 rings (SSSR count). The summed E-state index contributed by atoms with van der Waals surface area (Å²) >= 11 is 0. The monoisotopic (exact) mass is 331 g/mol. The molecule has 0 unspecified atom stereocenters. The maximum Gasteiger partial charge on any atom is 0.491 e. The minimum Gasteiger partial charge on any atom is -0.454 e. The van der Waals surface area contributed by atoms with E-state index in [0.717, 1.165) is 11.8 Å². The topological polar surface area (TPSA) is 80.0 Å². The van der Waals surface area contributed by atoms with Gasteiger partial charge in [0.15, 0.2) is 17.8 Å². The molecule has 0 spiro atoms. The van der Waals surface area contributed by atoms with E-state index in [-0.39, 0.29) is 13.3 Å². The van der Waals surface area contributed by atoms with Crippen molar-refractivity contribution in [3.05, 3.63) is 28.7 Å². The summed E-state index contributed by atoms with van der Waals surface area (Å²) in [7, 11) is -0.551. The van der Waals surface area contributed by atoms with Crippen molar-refractivity contribution in [2.75, 3.05) is 13.3 Å². The van der Waals surface area contributed by atoms with Gasteiger partial charge in [-0.15, -0.1) is 0 Å². The first-order valence-corrected chi connectivity index (χ1v) is 7.92. The van der Waals surface area contributed by atoms with Crippen LogP contribution in [0.2, 0.25) is 0 Å². The maximum atomic E-state index is 11.4. The van der Waals surface area contributed by atoms with Crippen LogP contribution in [0.25, 0.3) is 6.08 Å². The van der Waals surface area contributed by atoms with Crippen molar-refractivity contribution in [3.63, 3.8) is 0 Å². The van der Waals surface area contributed by atoms with Gasteiger partial charge in [-0.05, 0) is 50.9 Å². The molecule has 1 saturated heterocycles. The maximum absolute atomic E-state index is 11.4. The largest absolute Gasteiger partial charge is 0.491 e. The van der Waals surface area contributed by atoms with Gasteiger partial charge in [-0.25, -0.2) is 0 Å². The van der Waals surface area contributed by atoms with Crippen molar-refractivity contribution in [1.29, 1.82) is 0 Å². The van der Waals surface area contributed by atoms with Gasteiger partial charge in [0.1, 0.15) is 0 Å². The number of fused-ring (bicyclic) bond motifs is 1. The van der Waals surface area contributed by atoms with Crippen molar-refractivity contribution in [2.45, 2.75) is 38.9 Å². The summed E-state index contributed by atoms with van der Waals surface area (Å²) in [6.45, 7) is 8.35. The van der Waals surface area contributed by atoms with Gasteiger partial charge in [-0.3, -0.25) is 4.79 Å². The first-order valence-electron chi connectivity index (χ1n) is 7.92. The van der Waals surface area contributed by atoms with Crippen LogP contribution in [0.1, 0.15) is 43.6 Å². The molecule has 6 nitrogen and oxygen atoms in total. The molecule has 0 bridgehead atoms. The Bertz CT molecular complexity index is 682. The highest BCUT2D eigenvalue weighted by molar-refractivity contribution is 6.56. The number of carbonyl (C=O) groups excluding carboxylic acids is 1. The summed E-state index contributed by atoms with van der Waals surface area (Å²) in [6.07, 6.45) is 2.61. The van der Waals surface area contributed by atoms with Crippen LogP contribution in [0, 0.1) is 0 Å². The molecule has 128 valence electrons. The Labute approximate surface area is 142 Å². The minimum absolute atomic E-state index is 0.155. The predicted octanol–water partition coefficient (Wildman–Crippen LogP) is 2.20. The van der Waals surface area contributed by atoms with Crippen molar-refractivity contribution in [3.8, 4) is 11.5 Å². The molecule has 0 atom stereocenters. The van der Waals surface area contributed by atoms with Crippen LogP contribution in [0.4, 0.5) is 0 Å². The molecule has 1 fully saturated rings. The molecule has 0 amide bonds. The number of aldehydes is 1. The molecule has 0 saturated carbocycles. The SMILES string of the molecule is CC1(C)OB(C(=Cc2cc3c(cc2C=O)OCO3)CN)OC1(C)C. The van der Waals surface area contributed by atoms with Gasteiger partial charge in [0.05, 0.1) is 11.2 Å². The average molecular weight is 331 g/mol. The van der Waals surface area contributed by atoms with Crippen LogP contribution in [-0.4, -0.2) is 37.9 Å². The molecule has 2 aliphatic heterocycles. The second-order valence-electron chi connectivity index (χ2n) is 6.96. The summed E-state index contributed by atoms with van der Waals surface area (Å²) in [5.74, 6) is 1.18. The summed E-state index contributed by atoms with van der Waals surface area (Å²) in [5, 5.41) is 0. The third kappa shape index (κ3) is 2.83. The predicted molar refractivity (Wildman–Crippen MR) is 91.1 cm³/mol. The quantitative estimate of drug-likeness (QED) is 0.673. The van der Waals surface area contributed by atoms with Crippen molar-refractivity contribution < 1.29 is 23.6 Å². The zero-order valence-electron chi connectivity index (χ0n) is 14.4. The van der Waals surface area contributed by atoms with Crippen LogP contribution < -0.4 is 15.2 Å². The summed E-state index contributed by atoms with van der Waals surface area (Å²) < 4.78 is 22.8. The second kappa shape index (κ2) is 5.91. The Morgan fingerprint density at radius 1 is 1.12 bits per heavy atom. The number of carbonyl (C=O) groups is 1. The summed E-state index contributed by atoms with van der Waals surface area (Å²) in [4.78, 5) is 11.4. The zero-order chi connectivity index (χ0) is 17.5. The number of hydrogen-bond acceptors (Lipinski definition) is 6. The Hall–Kier alpha value is -1.83. The Morgan fingerprint density at radius 3 is 2.17 bits per heavy atom. The number of hydrogen-bond donors (Lipinski definition) is 1. The van der Waals surface area contributed by atoms with E-state index in [2.05, 4.69) is 0 Å². The molecule has 2 N–H and O–H groups in total. The summed E-state index contributed by atoms with van der Waals surface area (Å²) in [6, 6.07) is 3.44. The molecule has 1 aromatic rings. The molecular weight excluding hydrogens is 309 g/mol. The van der Waals surface area contributed by atoms with E-state index in [1.54, 1.807) is 12.1 Å². The normalized spacial score (nSPS) is 21.2. The van der Waals surface area contributed by atoms with Gasteiger partial charge < -0.3 is 24.5 Å². The molecule has 2 aliphatic rings. The van der Waals surface area contributed by atoms with Gasteiger partial charge >= 0.3 is 7.12 Å². The van der Waals surface area contributed by atoms with Crippen LogP contribution in [0.15, 0.2) is 17.6 Å². The van der Waals surface area contributed by atoms with Crippen molar-refractivity contribution >= 4 is 19.5 Å². The Kier molecular flexibility index (Phi) is 4.19. The molecule has 0 aromatic heterocycles. The van der Waals surface area contributed by atoms with E-state index >= 15 is 0 Å². The van der Waals surface area contributed by atoms with E-state index in [4.69, 9.17) is 24.5 Å². The number of rotatable bonds is 4. The van der Waals surface area contributed by atoms with Crippen molar-refractivity contribution in [1.82, 2.24) is 0 Å². The second-order valence-corrected chi connectivity index (χ2v) is 6.96. The molecule has 1 aromatic carbocycles. The smallest absolute Gasteiger partial charge is 0.454 e. The highest BCUT2D eigenvalue weighted by Gasteiger charge is 2.52. The van der Waals surface area contributed by atoms with E-state index in [1.807, 2.05) is 33.8 Å². The fourth-order valence-corrected chi connectivity index (χ4v) is 2.62. The molecule has 7 heteroatoms. The Morgan fingerprint density at radius 2 is 1.67 bits per heavy atom. The fraction of sp³-hybridized carbons (Fsp3) is 0.471. The van der Waals surface area contributed by atoms with Gasteiger partial charge in [0.25, 0.3) is 0 Å². The third-order valence-corrected chi connectivity index (χ3v) is 4.84. The van der Waals surface area contributed by atoms with E-state index in [1.165, 1.54) is 0 Å². The van der Waals surface area contributed by atoms with Crippen molar-refractivity contribution in [2.24, 2.45) is 5.73 Å².